The molecule has 0 saturated heterocycles. The summed E-state index contributed by atoms with van der Waals surface area (Å²) in [6.07, 6.45) is -5.60. The number of nitrogens with one attached hydrogen (secondary N) is 1. The van der Waals surface area contributed by atoms with Gasteiger partial charge in [0, 0.05) is 5.69 Å². The highest BCUT2D eigenvalue weighted by molar-refractivity contribution is 5.95. The van der Waals surface area contributed by atoms with Gasteiger partial charge in [-0.2, -0.15) is 13.2 Å². The molecular formula is C19H18F3NO4. The van der Waals surface area contributed by atoms with E-state index >= 15 is 0 Å². The number of hydrogen-bond acceptors (Lipinski definition) is 4. The summed E-state index contributed by atoms with van der Waals surface area (Å²) in [7, 11) is 0. The van der Waals surface area contributed by atoms with Crippen LogP contribution in [0.1, 0.15) is 18.9 Å². The zero-order valence-electron chi connectivity index (χ0n) is 14.5. The maximum Gasteiger partial charge on any atom is 0.416 e. The molecule has 0 unspecified atom stereocenters. The predicted octanol–water partition coefficient (Wildman–Crippen LogP) is 4.04. The van der Waals surface area contributed by atoms with Gasteiger partial charge in [0.1, 0.15) is 5.75 Å². The molecule has 1 atom stereocenters. The molecular weight excluding hydrogens is 363 g/mol. The second-order valence-electron chi connectivity index (χ2n) is 5.61. The fourth-order valence-corrected chi connectivity index (χ4v) is 2.06. The van der Waals surface area contributed by atoms with Crippen LogP contribution in [0.3, 0.4) is 0 Å². The van der Waals surface area contributed by atoms with Crippen LogP contribution in [0.4, 0.5) is 18.9 Å². The zero-order valence-corrected chi connectivity index (χ0v) is 14.5. The summed E-state index contributed by atoms with van der Waals surface area (Å²) in [6, 6.07) is 12.9. The summed E-state index contributed by atoms with van der Waals surface area (Å²) >= 11 is 0. The Morgan fingerprint density at radius 2 is 1.67 bits per heavy atom. The Labute approximate surface area is 154 Å². The Morgan fingerprint density at radius 1 is 1.04 bits per heavy atom. The smallest absolute Gasteiger partial charge is 0.416 e. The molecule has 2 rings (SSSR count). The molecule has 27 heavy (non-hydrogen) atoms. The number of hydrogen-bond donors (Lipinski definition) is 1. The molecule has 0 spiro atoms. The number of alkyl halides is 3. The lowest BCUT2D eigenvalue weighted by Gasteiger charge is -2.14. The Morgan fingerprint density at radius 3 is 2.26 bits per heavy atom. The van der Waals surface area contributed by atoms with Crippen molar-refractivity contribution in [2.75, 3.05) is 11.9 Å². The van der Waals surface area contributed by atoms with E-state index in [9.17, 15) is 22.8 Å². The average molecular weight is 381 g/mol. The van der Waals surface area contributed by atoms with Crippen molar-refractivity contribution in [3.8, 4) is 5.75 Å². The molecule has 0 aromatic heterocycles. The molecule has 0 radical (unpaired) electrons. The van der Waals surface area contributed by atoms with Crippen LogP contribution in [0.15, 0.2) is 54.6 Å². The fraction of sp³-hybridized carbons (Fsp3) is 0.263. The number of halogens is 3. The second kappa shape index (κ2) is 9.07. The quantitative estimate of drug-likeness (QED) is 0.735. The number of rotatable bonds is 7. The van der Waals surface area contributed by atoms with E-state index in [1.54, 1.807) is 24.3 Å². The Kier molecular flexibility index (Phi) is 6.81. The van der Waals surface area contributed by atoms with Gasteiger partial charge in [-0.3, -0.25) is 9.59 Å². The minimum absolute atomic E-state index is 0.0488. The summed E-state index contributed by atoms with van der Waals surface area (Å²) < 4.78 is 47.9. The minimum atomic E-state index is -4.45. The number of carbonyl (C=O) groups excluding carboxylic acids is 2. The first-order valence-electron chi connectivity index (χ1n) is 8.11. The van der Waals surface area contributed by atoms with Crippen molar-refractivity contribution >= 4 is 17.6 Å². The molecule has 0 heterocycles. The third-order valence-corrected chi connectivity index (χ3v) is 3.48. The van der Waals surface area contributed by atoms with Crippen LogP contribution in [0.5, 0.6) is 5.75 Å². The van der Waals surface area contributed by atoms with Crippen molar-refractivity contribution in [1.82, 2.24) is 0 Å². The van der Waals surface area contributed by atoms with Gasteiger partial charge in [0.25, 0.3) is 5.91 Å². The predicted molar refractivity (Wildman–Crippen MR) is 92.2 cm³/mol. The Balaban J connectivity index is 1.76. The van der Waals surface area contributed by atoms with Gasteiger partial charge in [-0.15, -0.1) is 0 Å². The lowest BCUT2D eigenvalue weighted by molar-refractivity contribution is -0.153. The van der Waals surface area contributed by atoms with Crippen LogP contribution in [0.2, 0.25) is 0 Å². The highest BCUT2D eigenvalue weighted by atomic mass is 19.4. The van der Waals surface area contributed by atoms with Crippen molar-refractivity contribution in [2.24, 2.45) is 0 Å². The molecule has 0 aliphatic rings. The highest BCUT2D eigenvalue weighted by Crippen LogP contribution is 2.29. The largest absolute Gasteiger partial charge is 0.493 e. The number of para-hydroxylation sites is 1. The summed E-state index contributed by atoms with van der Waals surface area (Å²) in [6.45, 7) is 1.46. The zero-order chi connectivity index (χ0) is 19.9. The Hall–Kier alpha value is -3.03. The molecule has 0 bridgehead atoms. The number of anilines is 1. The van der Waals surface area contributed by atoms with E-state index < -0.39 is 29.7 Å². The molecule has 0 saturated carbocycles. The van der Waals surface area contributed by atoms with Gasteiger partial charge >= 0.3 is 12.1 Å². The molecule has 144 valence electrons. The maximum absolute atomic E-state index is 12.5. The molecule has 2 aromatic carbocycles. The lowest BCUT2D eigenvalue weighted by Crippen LogP contribution is -2.30. The second-order valence-corrected chi connectivity index (χ2v) is 5.61. The van der Waals surface area contributed by atoms with Crippen molar-refractivity contribution in [3.63, 3.8) is 0 Å². The molecule has 0 fully saturated rings. The summed E-state index contributed by atoms with van der Waals surface area (Å²) in [5.41, 5.74) is -0.651. The highest BCUT2D eigenvalue weighted by Gasteiger charge is 2.30. The van der Waals surface area contributed by atoms with Gasteiger partial charge in [0.05, 0.1) is 18.6 Å². The van der Waals surface area contributed by atoms with Crippen molar-refractivity contribution in [3.05, 3.63) is 60.2 Å². The third-order valence-electron chi connectivity index (χ3n) is 3.48. The van der Waals surface area contributed by atoms with E-state index in [2.05, 4.69) is 5.32 Å². The van der Waals surface area contributed by atoms with Crippen LogP contribution in [-0.2, 0) is 20.5 Å². The van der Waals surface area contributed by atoms with Crippen LogP contribution >= 0.6 is 0 Å². The third kappa shape index (κ3) is 6.65. The van der Waals surface area contributed by atoms with Gasteiger partial charge in [-0.1, -0.05) is 18.2 Å². The number of carbonyl (C=O) groups is 2. The molecule has 0 aliphatic carbocycles. The van der Waals surface area contributed by atoms with Gasteiger partial charge < -0.3 is 14.8 Å². The van der Waals surface area contributed by atoms with Gasteiger partial charge in [-0.25, -0.2) is 0 Å². The SMILES string of the molecule is C[C@H](OC(=O)CCOc1ccccc1)C(=O)Nc1ccc(C(F)(F)F)cc1. The van der Waals surface area contributed by atoms with E-state index in [0.29, 0.717) is 5.75 Å². The summed E-state index contributed by atoms with van der Waals surface area (Å²) in [5.74, 6) is -0.661. The number of ether oxygens (including phenoxy) is 2. The number of benzene rings is 2. The van der Waals surface area contributed by atoms with Gasteiger partial charge in [-0.05, 0) is 43.3 Å². The first kappa shape index (κ1) is 20.3. The molecule has 8 heteroatoms. The van der Waals surface area contributed by atoms with Crippen molar-refractivity contribution in [1.29, 1.82) is 0 Å². The van der Waals surface area contributed by atoms with Gasteiger partial charge in [0.2, 0.25) is 0 Å². The van der Waals surface area contributed by atoms with Crippen molar-refractivity contribution < 1.29 is 32.2 Å². The molecule has 5 nitrogen and oxygen atoms in total. The normalized spacial score (nSPS) is 12.1. The molecule has 1 amide bonds. The first-order chi connectivity index (χ1) is 12.8. The van der Waals surface area contributed by atoms with E-state index in [1.807, 2.05) is 6.07 Å². The summed E-state index contributed by atoms with van der Waals surface area (Å²) in [4.78, 5) is 23.7. The average Bonchev–Trinajstić information content (AvgIpc) is 2.62. The van der Waals surface area contributed by atoms with Crippen LogP contribution < -0.4 is 10.1 Å². The summed E-state index contributed by atoms with van der Waals surface area (Å²) in [5, 5.41) is 2.39. The van der Waals surface area contributed by atoms with E-state index in [4.69, 9.17) is 9.47 Å². The van der Waals surface area contributed by atoms with E-state index in [1.165, 1.54) is 6.92 Å². The van der Waals surface area contributed by atoms with Gasteiger partial charge in [0.15, 0.2) is 6.10 Å². The van der Waals surface area contributed by atoms with E-state index in [-0.39, 0.29) is 18.7 Å². The fourth-order valence-electron chi connectivity index (χ4n) is 2.06. The van der Waals surface area contributed by atoms with E-state index in [0.717, 1.165) is 24.3 Å². The topological polar surface area (TPSA) is 64.6 Å². The number of amides is 1. The van der Waals surface area contributed by atoms with Crippen LogP contribution in [-0.4, -0.2) is 24.6 Å². The van der Waals surface area contributed by atoms with Crippen LogP contribution in [0.25, 0.3) is 0 Å². The minimum Gasteiger partial charge on any atom is -0.493 e. The standard InChI is InChI=1S/C19H18F3NO4/c1-13(27-17(24)11-12-26-16-5-3-2-4-6-16)18(25)23-15-9-7-14(8-10-15)19(20,21)22/h2-10,13H,11-12H2,1H3,(H,23,25)/t13-/m0/s1. The Bertz CT molecular complexity index is 761. The molecule has 0 aliphatic heterocycles. The van der Waals surface area contributed by atoms with Crippen molar-refractivity contribution in [2.45, 2.75) is 25.6 Å². The maximum atomic E-state index is 12.5. The molecule has 2 aromatic rings. The lowest BCUT2D eigenvalue weighted by atomic mass is 10.2. The molecule has 1 N–H and O–H groups in total. The number of esters is 1. The van der Waals surface area contributed by atoms with Crippen LogP contribution in [0, 0.1) is 0 Å². The first-order valence-corrected chi connectivity index (χ1v) is 8.11. The monoisotopic (exact) mass is 381 g/mol.